The zero-order chi connectivity index (χ0) is 18.0. The Morgan fingerprint density at radius 1 is 1.16 bits per heavy atom. The number of hydrogen-bond donors (Lipinski definition) is 2. The first-order valence-electron chi connectivity index (χ1n) is 10.1. The highest BCUT2D eigenvalue weighted by atomic mass is 16.3. The van der Waals surface area contributed by atoms with Gasteiger partial charge in [0.15, 0.2) is 0 Å². The molecule has 4 aliphatic rings. The molecule has 3 aliphatic carbocycles. The number of allylic oxidation sites excluding steroid dienone is 2. The third-order valence-electron chi connectivity index (χ3n) is 8.76. The number of rotatable bonds is 2. The maximum absolute atomic E-state index is 12.4. The second-order valence-corrected chi connectivity index (χ2v) is 9.66. The molecule has 6 unspecified atom stereocenters. The lowest BCUT2D eigenvalue weighted by molar-refractivity contribution is -0.141. The van der Waals surface area contributed by atoms with Crippen LogP contribution in [0.1, 0.15) is 65.7 Å². The molecule has 0 bridgehead atoms. The first-order chi connectivity index (χ1) is 11.7. The molecule has 2 saturated carbocycles. The number of carbonyl (C=O) groups excluding carboxylic acids is 1. The van der Waals surface area contributed by atoms with Crippen molar-refractivity contribution in [1.29, 1.82) is 0 Å². The minimum Gasteiger partial charge on any atom is -0.395 e. The van der Waals surface area contributed by atoms with Gasteiger partial charge in [0.25, 0.3) is 0 Å². The Morgan fingerprint density at radius 2 is 1.88 bits per heavy atom. The maximum Gasteiger partial charge on any atom is 0.226 e. The molecule has 3 fully saturated rings. The number of aliphatic hydroxyl groups is 2. The zero-order valence-electron chi connectivity index (χ0n) is 15.9. The molecule has 1 heterocycles. The number of likely N-dealkylation sites (tertiary alicyclic amines) is 1. The predicted molar refractivity (Wildman–Crippen MR) is 96.5 cm³/mol. The van der Waals surface area contributed by atoms with Crippen molar-refractivity contribution in [3.63, 3.8) is 0 Å². The number of β-amino-alcohol motifs (C(OH)–C–C–N with tert-alkyl or cyclic N) is 1. The van der Waals surface area contributed by atoms with Crippen LogP contribution in [0.2, 0.25) is 0 Å². The number of piperidine rings is 1. The summed E-state index contributed by atoms with van der Waals surface area (Å²) in [5.41, 5.74) is 0.707. The zero-order valence-corrected chi connectivity index (χ0v) is 15.9. The molecular weight excluding hydrogens is 314 g/mol. The summed E-state index contributed by atoms with van der Waals surface area (Å²) in [5, 5.41) is 20.4. The second kappa shape index (κ2) is 5.56. The van der Waals surface area contributed by atoms with Gasteiger partial charge in [-0.2, -0.15) is 0 Å². The van der Waals surface area contributed by atoms with Crippen molar-refractivity contribution in [3.8, 4) is 0 Å². The largest absolute Gasteiger partial charge is 0.395 e. The van der Waals surface area contributed by atoms with Gasteiger partial charge in [-0.15, -0.1) is 0 Å². The molecule has 6 atom stereocenters. The van der Waals surface area contributed by atoms with E-state index in [4.69, 9.17) is 0 Å². The molecule has 0 aromatic heterocycles. The SMILES string of the molecule is CC12CCC(=O)N(CCO)C1=CCC1C2CCC2(C)C1CCC2(C)O. The van der Waals surface area contributed by atoms with E-state index >= 15 is 0 Å². The molecule has 1 saturated heterocycles. The monoisotopic (exact) mass is 347 g/mol. The van der Waals surface area contributed by atoms with Crippen molar-refractivity contribution in [1.82, 2.24) is 4.90 Å². The summed E-state index contributed by atoms with van der Waals surface area (Å²) in [6.07, 6.45) is 9.11. The van der Waals surface area contributed by atoms with Crippen LogP contribution in [0.15, 0.2) is 11.8 Å². The summed E-state index contributed by atoms with van der Waals surface area (Å²) >= 11 is 0. The van der Waals surface area contributed by atoms with Crippen molar-refractivity contribution in [2.24, 2.45) is 28.6 Å². The number of carbonyl (C=O) groups is 1. The van der Waals surface area contributed by atoms with Crippen LogP contribution in [-0.2, 0) is 4.79 Å². The van der Waals surface area contributed by atoms with E-state index in [1.807, 2.05) is 11.8 Å². The fourth-order valence-corrected chi connectivity index (χ4v) is 7.03. The number of fused-ring (bicyclic) bond motifs is 5. The molecule has 4 heteroatoms. The summed E-state index contributed by atoms with van der Waals surface area (Å²) in [7, 11) is 0. The van der Waals surface area contributed by atoms with Crippen LogP contribution in [0.4, 0.5) is 0 Å². The summed E-state index contributed by atoms with van der Waals surface area (Å²) in [6, 6.07) is 0. The van der Waals surface area contributed by atoms with Crippen molar-refractivity contribution in [2.45, 2.75) is 71.3 Å². The van der Waals surface area contributed by atoms with Gasteiger partial charge in [-0.25, -0.2) is 0 Å². The second-order valence-electron chi connectivity index (χ2n) is 9.66. The summed E-state index contributed by atoms with van der Waals surface area (Å²) in [6.45, 7) is 7.15. The number of nitrogens with zero attached hydrogens (tertiary/aromatic N) is 1. The van der Waals surface area contributed by atoms with Crippen LogP contribution in [0.3, 0.4) is 0 Å². The van der Waals surface area contributed by atoms with Crippen molar-refractivity contribution in [2.75, 3.05) is 13.2 Å². The molecule has 1 aliphatic heterocycles. The van der Waals surface area contributed by atoms with E-state index in [1.165, 1.54) is 5.70 Å². The molecule has 0 aromatic carbocycles. The van der Waals surface area contributed by atoms with E-state index in [0.29, 0.717) is 30.7 Å². The van der Waals surface area contributed by atoms with E-state index in [2.05, 4.69) is 19.9 Å². The Bertz CT molecular complexity index is 612. The van der Waals surface area contributed by atoms with Gasteiger partial charge < -0.3 is 15.1 Å². The standard InChI is InChI=1S/C21H33NO3/c1-19-9-8-18(24)22(12-13-23)17(19)5-4-14-15(19)6-10-20(2)16(14)7-11-21(20,3)25/h5,14-16,23,25H,4,6-13H2,1-3H3. The highest BCUT2D eigenvalue weighted by Crippen LogP contribution is 2.66. The fraction of sp³-hybridized carbons (Fsp3) is 0.857. The highest BCUT2D eigenvalue weighted by molar-refractivity contribution is 5.80. The van der Waals surface area contributed by atoms with Crippen molar-refractivity contribution >= 4 is 5.91 Å². The van der Waals surface area contributed by atoms with Crippen LogP contribution in [0, 0.1) is 28.6 Å². The molecular formula is C21H33NO3. The van der Waals surface area contributed by atoms with E-state index in [0.717, 1.165) is 38.5 Å². The normalized spacial score (nSPS) is 49.3. The fourth-order valence-electron chi connectivity index (χ4n) is 7.03. The molecule has 0 aromatic rings. The Kier molecular flexibility index (Phi) is 3.90. The molecule has 4 rings (SSSR count). The number of hydrogen-bond acceptors (Lipinski definition) is 3. The number of aliphatic hydroxyl groups excluding tert-OH is 1. The maximum atomic E-state index is 12.4. The Labute approximate surface area is 151 Å². The van der Waals surface area contributed by atoms with Gasteiger partial charge >= 0.3 is 0 Å². The smallest absolute Gasteiger partial charge is 0.226 e. The third kappa shape index (κ3) is 2.22. The lowest BCUT2D eigenvalue weighted by Crippen LogP contribution is -2.56. The van der Waals surface area contributed by atoms with E-state index in [9.17, 15) is 15.0 Å². The average Bonchev–Trinajstić information content (AvgIpc) is 2.81. The third-order valence-corrected chi connectivity index (χ3v) is 8.76. The minimum atomic E-state index is -0.543. The minimum absolute atomic E-state index is 0.0246. The van der Waals surface area contributed by atoms with Crippen LogP contribution >= 0.6 is 0 Å². The molecule has 0 radical (unpaired) electrons. The van der Waals surface area contributed by atoms with E-state index in [1.54, 1.807) is 0 Å². The topological polar surface area (TPSA) is 60.8 Å². The molecule has 4 nitrogen and oxygen atoms in total. The molecule has 25 heavy (non-hydrogen) atoms. The Morgan fingerprint density at radius 3 is 2.60 bits per heavy atom. The lowest BCUT2D eigenvalue weighted by atomic mass is 9.48. The Hall–Kier alpha value is -0.870. The van der Waals surface area contributed by atoms with Gasteiger partial charge in [0.1, 0.15) is 0 Å². The summed E-state index contributed by atoms with van der Waals surface area (Å²) < 4.78 is 0. The molecule has 2 N–H and O–H groups in total. The number of amides is 1. The van der Waals surface area contributed by atoms with Gasteiger partial charge in [-0.1, -0.05) is 19.9 Å². The highest BCUT2D eigenvalue weighted by Gasteiger charge is 2.62. The van der Waals surface area contributed by atoms with E-state index < -0.39 is 5.60 Å². The van der Waals surface area contributed by atoms with Crippen molar-refractivity contribution < 1.29 is 15.0 Å². The predicted octanol–water partition coefficient (Wildman–Crippen LogP) is 3.09. The van der Waals surface area contributed by atoms with Gasteiger partial charge in [-0.05, 0) is 68.6 Å². The molecule has 140 valence electrons. The van der Waals surface area contributed by atoms with E-state index in [-0.39, 0.29) is 23.3 Å². The van der Waals surface area contributed by atoms with Gasteiger partial charge in [-0.3, -0.25) is 4.79 Å². The first-order valence-corrected chi connectivity index (χ1v) is 10.1. The molecule has 1 amide bonds. The van der Waals surface area contributed by atoms with Crippen LogP contribution in [-0.4, -0.2) is 39.8 Å². The lowest BCUT2D eigenvalue weighted by Gasteiger charge is -2.59. The summed E-state index contributed by atoms with van der Waals surface area (Å²) in [4.78, 5) is 14.3. The quantitative estimate of drug-likeness (QED) is 0.807. The molecule has 0 spiro atoms. The first kappa shape index (κ1) is 17.5. The van der Waals surface area contributed by atoms with Gasteiger partial charge in [0.2, 0.25) is 5.91 Å². The Balaban J connectivity index is 1.70. The summed E-state index contributed by atoms with van der Waals surface area (Å²) in [5.74, 6) is 1.96. The van der Waals surface area contributed by atoms with Gasteiger partial charge in [0.05, 0.1) is 12.2 Å². The van der Waals surface area contributed by atoms with Crippen LogP contribution < -0.4 is 0 Å². The van der Waals surface area contributed by atoms with Crippen LogP contribution in [0.5, 0.6) is 0 Å². The average molecular weight is 347 g/mol. The van der Waals surface area contributed by atoms with Gasteiger partial charge in [0, 0.05) is 24.1 Å². The van der Waals surface area contributed by atoms with Crippen molar-refractivity contribution in [3.05, 3.63) is 11.8 Å². The van der Waals surface area contributed by atoms with Crippen LogP contribution in [0.25, 0.3) is 0 Å².